The maximum Gasteiger partial charge on any atom is 0.414 e. The molecule has 0 radical (unpaired) electrons. The van der Waals surface area contributed by atoms with Crippen molar-refractivity contribution in [1.82, 2.24) is 9.78 Å². The molecule has 1 aromatic heterocycles. The number of methoxy groups -OCH3 is 1. The van der Waals surface area contributed by atoms with E-state index in [1.165, 1.54) is 22.9 Å². The fourth-order valence-corrected chi connectivity index (χ4v) is 2.69. The summed E-state index contributed by atoms with van der Waals surface area (Å²) in [6.07, 6.45) is 0.831. The number of carbonyl (C=O) groups is 1. The average Bonchev–Trinajstić information content (AvgIpc) is 3.16. The van der Waals surface area contributed by atoms with Crippen molar-refractivity contribution in [3.05, 3.63) is 77.6 Å². The third-order valence-electron chi connectivity index (χ3n) is 3.94. The molecule has 0 spiro atoms. The third kappa shape index (κ3) is 3.63. The summed E-state index contributed by atoms with van der Waals surface area (Å²) in [4.78, 5) is 13.7. The molecule has 7 nitrogen and oxygen atoms in total. The first-order chi connectivity index (χ1) is 13.2. The molecule has 132 valence electrons. The Labute approximate surface area is 156 Å². The Morgan fingerprint density at radius 1 is 1.15 bits per heavy atom. The lowest BCUT2D eigenvalue weighted by Gasteiger charge is -2.20. The van der Waals surface area contributed by atoms with E-state index in [2.05, 4.69) is 17.2 Å². The summed E-state index contributed by atoms with van der Waals surface area (Å²) < 4.78 is 6.35. The lowest BCUT2D eigenvalue weighted by molar-refractivity contribution is 0.178. The van der Waals surface area contributed by atoms with E-state index in [9.17, 15) is 10.1 Å². The van der Waals surface area contributed by atoms with Crippen LogP contribution in [0.5, 0.6) is 0 Å². The molecule has 0 N–H and O–H groups in total. The Balaban J connectivity index is 2.04. The maximum absolute atomic E-state index is 12.4. The lowest BCUT2D eigenvalue weighted by Crippen LogP contribution is -2.30. The van der Waals surface area contributed by atoms with Crippen LogP contribution < -0.4 is 4.90 Å². The highest BCUT2D eigenvalue weighted by atomic mass is 16.5. The van der Waals surface area contributed by atoms with Gasteiger partial charge in [-0.05, 0) is 29.8 Å². The van der Waals surface area contributed by atoms with Crippen molar-refractivity contribution in [3.63, 3.8) is 0 Å². The van der Waals surface area contributed by atoms with Crippen LogP contribution in [-0.2, 0) is 11.3 Å². The van der Waals surface area contributed by atoms with Crippen LogP contribution in [0, 0.1) is 22.7 Å². The first-order valence-corrected chi connectivity index (χ1v) is 8.06. The molecule has 2 aromatic carbocycles. The number of carbonyl (C=O) groups excluding carboxylic acids is 1. The van der Waals surface area contributed by atoms with E-state index in [0.29, 0.717) is 16.9 Å². The van der Waals surface area contributed by atoms with Gasteiger partial charge in [0.1, 0.15) is 11.8 Å². The van der Waals surface area contributed by atoms with Crippen LogP contribution in [-0.4, -0.2) is 23.0 Å². The molecule has 0 atom stereocenters. The minimum atomic E-state index is -0.624. The minimum absolute atomic E-state index is 0.136. The number of hydrogen-bond donors (Lipinski definition) is 0. The molecule has 1 heterocycles. The van der Waals surface area contributed by atoms with Gasteiger partial charge in [-0.15, -0.1) is 0 Å². The zero-order chi connectivity index (χ0) is 19.2. The normalized spacial score (nSPS) is 9.89. The lowest BCUT2D eigenvalue weighted by atomic mass is 10.1. The van der Waals surface area contributed by atoms with Crippen LogP contribution in [0.25, 0.3) is 5.69 Å². The highest BCUT2D eigenvalue weighted by Gasteiger charge is 2.24. The van der Waals surface area contributed by atoms with Gasteiger partial charge in [-0.2, -0.15) is 15.6 Å². The van der Waals surface area contributed by atoms with Gasteiger partial charge in [0.25, 0.3) is 0 Å². The summed E-state index contributed by atoms with van der Waals surface area (Å²) >= 11 is 0. The molecule has 7 heteroatoms. The van der Waals surface area contributed by atoms with Crippen molar-refractivity contribution in [2.24, 2.45) is 0 Å². The number of amides is 1. The largest absolute Gasteiger partial charge is 0.452 e. The van der Waals surface area contributed by atoms with Gasteiger partial charge in [-0.25, -0.2) is 9.48 Å². The number of rotatable bonds is 4. The molecule has 0 fully saturated rings. The second kappa shape index (κ2) is 7.85. The highest BCUT2D eigenvalue weighted by molar-refractivity contribution is 5.89. The average molecular weight is 357 g/mol. The zero-order valence-corrected chi connectivity index (χ0v) is 14.5. The third-order valence-corrected chi connectivity index (χ3v) is 3.94. The van der Waals surface area contributed by atoms with E-state index in [0.717, 1.165) is 5.56 Å². The van der Waals surface area contributed by atoms with Gasteiger partial charge < -0.3 is 4.74 Å². The van der Waals surface area contributed by atoms with E-state index >= 15 is 0 Å². The van der Waals surface area contributed by atoms with Crippen molar-refractivity contribution in [1.29, 1.82) is 10.5 Å². The molecule has 0 bridgehead atoms. The molecular weight excluding hydrogens is 342 g/mol. The van der Waals surface area contributed by atoms with Gasteiger partial charge in [0, 0.05) is 0 Å². The van der Waals surface area contributed by atoms with Crippen molar-refractivity contribution >= 4 is 11.8 Å². The summed E-state index contributed by atoms with van der Waals surface area (Å²) in [6.45, 7) is 0.136. The maximum atomic E-state index is 12.4. The fraction of sp³-hybridized carbons (Fsp3) is 0.100. The second-order valence-electron chi connectivity index (χ2n) is 5.61. The van der Waals surface area contributed by atoms with E-state index in [1.54, 1.807) is 24.3 Å². The van der Waals surface area contributed by atoms with E-state index in [1.807, 2.05) is 30.3 Å². The van der Waals surface area contributed by atoms with Crippen molar-refractivity contribution in [2.45, 2.75) is 6.54 Å². The summed E-state index contributed by atoms with van der Waals surface area (Å²) in [5.74, 6) is 0. The van der Waals surface area contributed by atoms with Crippen LogP contribution in [0.15, 0.2) is 60.8 Å². The van der Waals surface area contributed by atoms with Gasteiger partial charge in [0.05, 0.1) is 37.2 Å². The number of para-hydroxylation sites is 1. The molecule has 0 unspecified atom stereocenters. The van der Waals surface area contributed by atoms with Gasteiger partial charge in [-0.1, -0.05) is 30.3 Å². The van der Waals surface area contributed by atoms with Gasteiger partial charge in [-0.3, -0.25) is 4.90 Å². The van der Waals surface area contributed by atoms with Crippen LogP contribution in [0.1, 0.15) is 16.8 Å². The highest BCUT2D eigenvalue weighted by Crippen LogP contribution is 2.25. The molecule has 3 aromatic rings. The van der Waals surface area contributed by atoms with E-state index < -0.39 is 6.09 Å². The molecule has 0 saturated carbocycles. The first-order valence-electron chi connectivity index (χ1n) is 8.06. The quantitative estimate of drug-likeness (QED) is 0.713. The molecule has 1 amide bonds. The number of hydrogen-bond acceptors (Lipinski definition) is 5. The Morgan fingerprint density at radius 2 is 1.93 bits per heavy atom. The molecule has 3 rings (SSSR count). The van der Waals surface area contributed by atoms with Gasteiger partial charge >= 0.3 is 6.09 Å². The Kier molecular flexibility index (Phi) is 5.15. The standard InChI is InChI=1S/C20H15N5O2/c1-27-20(26)24(14-16-7-5-6-15(10-16)11-21)19-13-23-25(18(19)12-22)17-8-3-2-4-9-17/h2-10,13H,14H2,1H3. The minimum Gasteiger partial charge on any atom is -0.452 e. The molecule has 0 aliphatic rings. The Morgan fingerprint density at radius 3 is 2.59 bits per heavy atom. The number of ether oxygens (including phenoxy) is 1. The summed E-state index contributed by atoms with van der Waals surface area (Å²) in [5.41, 5.74) is 2.46. The Bertz CT molecular complexity index is 1040. The SMILES string of the molecule is COC(=O)N(Cc1cccc(C#N)c1)c1cnn(-c2ccccc2)c1C#N. The number of anilines is 1. The fourth-order valence-electron chi connectivity index (χ4n) is 2.69. The predicted molar refractivity (Wildman–Crippen MR) is 98.0 cm³/mol. The van der Waals surface area contributed by atoms with Crippen LogP contribution in [0.2, 0.25) is 0 Å². The molecule has 27 heavy (non-hydrogen) atoms. The predicted octanol–water partition coefficient (Wildman–Crippen LogP) is 3.39. The zero-order valence-electron chi connectivity index (χ0n) is 14.5. The topological polar surface area (TPSA) is 94.9 Å². The molecule has 0 aliphatic carbocycles. The van der Waals surface area contributed by atoms with Crippen LogP contribution in [0.4, 0.5) is 10.5 Å². The molecule has 0 saturated heterocycles. The van der Waals surface area contributed by atoms with Crippen molar-refractivity contribution < 1.29 is 9.53 Å². The summed E-state index contributed by atoms with van der Waals surface area (Å²) in [7, 11) is 1.27. The molecular formula is C20H15N5O2. The Hall–Kier alpha value is -4.10. The first kappa shape index (κ1) is 17.7. The number of nitrogens with zero attached hydrogens (tertiary/aromatic N) is 5. The van der Waals surface area contributed by atoms with Crippen LogP contribution in [0.3, 0.4) is 0 Å². The van der Waals surface area contributed by atoms with E-state index in [-0.39, 0.29) is 12.2 Å². The molecule has 0 aliphatic heterocycles. The monoisotopic (exact) mass is 357 g/mol. The smallest absolute Gasteiger partial charge is 0.414 e. The van der Waals surface area contributed by atoms with Gasteiger partial charge in [0.2, 0.25) is 0 Å². The van der Waals surface area contributed by atoms with Crippen molar-refractivity contribution in [2.75, 3.05) is 12.0 Å². The van der Waals surface area contributed by atoms with Gasteiger partial charge in [0.15, 0.2) is 5.69 Å². The second-order valence-corrected chi connectivity index (χ2v) is 5.61. The summed E-state index contributed by atoms with van der Waals surface area (Å²) in [5, 5.41) is 23.0. The number of aromatic nitrogens is 2. The summed E-state index contributed by atoms with van der Waals surface area (Å²) in [6, 6.07) is 20.2. The number of nitriles is 2. The number of benzene rings is 2. The van der Waals surface area contributed by atoms with Crippen LogP contribution >= 0.6 is 0 Å². The van der Waals surface area contributed by atoms with E-state index in [4.69, 9.17) is 10.00 Å². The van der Waals surface area contributed by atoms with Crippen molar-refractivity contribution in [3.8, 4) is 17.8 Å².